The molecule has 0 spiro atoms. The second kappa shape index (κ2) is 6.28. The van der Waals surface area contributed by atoms with Crippen LogP contribution in [0, 0.1) is 0 Å². The van der Waals surface area contributed by atoms with Gasteiger partial charge < -0.3 is 19.6 Å². The van der Waals surface area contributed by atoms with Crippen LogP contribution in [-0.2, 0) is 14.4 Å². The average molecular weight is 318 g/mol. The Hall–Kier alpha value is -2.57. The van der Waals surface area contributed by atoms with E-state index in [0.717, 1.165) is 0 Å². The average Bonchev–Trinajstić information content (AvgIpc) is 2.98. The molecule has 0 aliphatic carbocycles. The Balaban J connectivity index is 1.59. The van der Waals surface area contributed by atoms with Gasteiger partial charge in [-0.15, -0.1) is 0 Å². The lowest BCUT2D eigenvalue weighted by atomic mass is 10.1. The SMILES string of the molecule is O=C(O)C1CCC2CN(C(=O)COc3ccccc3)CC(=O)N21. The molecule has 2 aliphatic heterocycles. The molecule has 1 N–H and O–H groups in total. The summed E-state index contributed by atoms with van der Waals surface area (Å²) >= 11 is 0. The molecule has 2 fully saturated rings. The number of para-hydroxylation sites is 1. The van der Waals surface area contributed by atoms with Crippen LogP contribution >= 0.6 is 0 Å². The third kappa shape index (κ3) is 3.13. The van der Waals surface area contributed by atoms with Gasteiger partial charge in [0.15, 0.2) is 6.61 Å². The molecule has 2 saturated heterocycles. The molecule has 0 radical (unpaired) electrons. The quantitative estimate of drug-likeness (QED) is 0.866. The normalized spacial score (nSPS) is 23.6. The zero-order valence-electron chi connectivity index (χ0n) is 12.6. The van der Waals surface area contributed by atoms with E-state index in [4.69, 9.17) is 9.84 Å². The number of piperazine rings is 1. The van der Waals surface area contributed by atoms with Crippen molar-refractivity contribution in [2.45, 2.75) is 24.9 Å². The molecule has 2 amide bonds. The van der Waals surface area contributed by atoms with Gasteiger partial charge in [-0.3, -0.25) is 9.59 Å². The third-order valence-electron chi connectivity index (χ3n) is 4.29. The number of fused-ring (bicyclic) bond motifs is 1. The van der Waals surface area contributed by atoms with E-state index in [1.807, 2.05) is 18.2 Å². The molecule has 2 heterocycles. The summed E-state index contributed by atoms with van der Waals surface area (Å²) in [4.78, 5) is 38.5. The van der Waals surface area contributed by atoms with Crippen molar-refractivity contribution in [2.75, 3.05) is 19.7 Å². The predicted octanol–water partition coefficient (Wildman–Crippen LogP) is 0.352. The minimum Gasteiger partial charge on any atom is -0.484 e. The van der Waals surface area contributed by atoms with Gasteiger partial charge in [-0.1, -0.05) is 18.2 Å². The van der Waals surface area contributed by atoms with Crippen LogP contribution in [0.5, 0.6) is 5.75 Å². The first-order chi connectivity index (χ1) is 11.1. The number of nitrogens with zero attached hydrogens (tertiary/aromatic N) is 2. The van der Waals surface area contributed by atoms with E-state index in [1.165, 1.54) is 9.80 Å². The van der Waals surface area contributed by atoms with Crippen LogP contribution in [-0.4, -0.2) is 64.5 Å². The van der Waals surface area contributed by atoms with Crippen molar-refractivity contribution >= 4 is 17.8 Å². The Morgan fingerprint density at radius 3 is 2.65 bits per heavy atom. The molecule has 7 heteroatoms. The molecule has 0 aromatic heterocycles. The topological polar surface area (TPSA) is 87.1 Å². The van der Waals surface area contributed by atoms with Crippen LogP contribution in [0.2, 0.25) is 0 Å². The first-order valence-electron chi connectivity index (χ1n) is 7.56. The largest absolute Gasteiger partial charge is 0.484 e. The van der Waals surface area contributed by atoms with Crippen molar-refractivity contribution in [1.29, 1.82) is 0 Å². The molecule has 2 unspecified atom stereocenters. The molecule has 2 atom stereocenters. The number of carboxylic acids is 1. The minimum atomic E-state index is -0.979. The number of benzene rings is 1. The summed E-state index contributed by atoms with van der Waals surface area (Å²) in [6.07, 6.45) is 1.04. The molecule has 7 nitrogen and oxygen atoms in total. The fourth-order valence-electron chi connectivity index (χ4n) is 3.19. The maximum Gasteiger partial charge on any atom is 0.326 e. The summed E-state index contributed by atoms with van der Waals surface area (Å²) in [5.74, 6) is -0.953. The van der Waals surface area contributed by atoms with Gasteiger partial charge in [0, 0.05) is 6.54 Å². The van der Waals surface area contributed by atoms with E-state index < -0.39 is 12.0 Å². The van der Waals surface area contributed by atoms with Crippen LogP contribution in [0.4, 0.5) is 0 Å². The van der Waals surface area contributed by atoms with Gasteiger partial charge in [-0.05, 0) is 25.0 Å². The van der Waals surface area contributed by atoms with Gasteiger partial charge in [0.2, 0.25) is 5.91 Å². The molecular formula is C16H18N2O5. The van der Waals surface area contributed by atoms with E-state index in [0.29, 0.717) is 25.1 Å². The lowest BCUT2D eigenvalue weighted by molar-refractivity contribution is -0.156. The molecule has 3 rings (SSSR count). The van der Waals surface area contributed by atoms with Gasteiger partial charge in [-0.25, -0.2) is 4.79 Å². The lowest BCUT2D eigenvalue weighted by Crippen LogP contribution is -2.59. The molecule has 2 aliphatic rings. The summed E-state index contributed by atoms with van der Waals surface area (Å²) < 4.78 is 5.42. The summed E-state index contributed by atoms with van der Waals surface area (Å²) in [5, 5.41) is 9.16. The second-order valence-electron chi connectivity index (χ2n) is 5.76. The molecule has 122 valence electrons. The molecule has 1 aromatic rings. The number of amides is 2. The Kier molecular flexibility index (Phi) is 4.18. The zero-order chi connectivity index (χ0) is 16.4. The number of rotatable bonds is 4. The summed E-state index contributed by atoms with van der Waals surface area (Å²) in [6, 6.07) is 8.02. The second-order valence-corrected chi connectivity index (χ2v) is 5.76. The van der Waals surface area contributed by atoms with Crippen LogP contribution < -0.4 is 4.74 Å². The van der Waals surface area contributed by atoms with Crippen molar-refractivity contribution in [1.82, 2.24) is 9.80 Å². The number of ether oxygens (including phenoxy) is 1. The van der Waals surface area contributed by atoms with Crippen molar-refractivity contribution in [2.24, 2.45) is 0 Å². The highest BCUT2D eigenvalue weighted by atomic mass is 16.5. The lowest BCUT2D eigenvalue weighted by Gasteiger charge is -2.38. The van der Waals surface area contributed by atoms with Crippen molar-refractivity contribution < 1.29 is 24.2 Å². The number of carbonyl (C=O) groups is 3. The fraction of sp³-hybridized carbons (Fsp3) is 0.438. The van der Waals surface area contributed by atoms with Crippen LogP contribution in [0.3, 0.4) is 0 Å². The summed E-state index contributed by atoms with van der Waals surface area (Å²) in [5.41, 5.74) is 0. The highest BCUT2D eigenvalue weighted by Gasteiger charge is 2.45. The predicted molar refractivity (Wildman–Crippen MR) is 79.8 cm³/mol. The first kappa shape index (κ1) is 15.3. The Bertz CT molecular complexity index is 618. The van der Waals surface area contributed by atoms with Crippen molar-refractivity contribution in [3.05, 3.63) is 30.3 Å². The van der Waals surface area contributed by atoms with Gasteiger partial charge in [-0.2, -0.15) is 0 Å². The number of carboxylic acid groups (broad SMARTS) is 1. The molecular weight excluding hydrogens is 300 g/mol. The number of carbonyl (C=O) groups excluding carboxylic acids is 2. The van der Waals surface area contributed by atoms with E-state index in [2.05, 4.69) is 0 Å². The van der Waals surface area contributed by atoms with E-state index in [-0.39, 0.29) is 31.0 Å². The van der Waals surface area contributed by atoms with Crippen molar-refractivity contribution in [3.63, 3.8) is 0 Å². The first-order valence-corrected chi connectivity index (χ1v) is 7.56. The van der Waals surface area contributed by atoms with Gasteiger partial charge in [0.25, 0.3) is 5.91 Å². The molecule has 1 aromatic carbocycles. The Labute approximate surface area is 133 Å². The van der Waals surface area contributed by atoms with E-state index in [9.17, 15) is 14.4 Å². The standard InChI is InChI=1S/C16H18N2O5/c19-14-9-17(8-11-6-7-13(16(21)22)18(11)14)15(20)10-23-12-4-2-1-3-5-12/h1-5,11,13H,6-10H2,(H,21,22). The van der Waals surface area contributed by atoms with Gasteiger partial charge >= 0.3 is 5.97 Å². The van der Waals surface area contributed by atoms with E-state index in [1.54, 1.807) is 12.1 Å². The molecule has 0 bridgehead atoms. The number of hydrogen-bond donors (Lipinski definition) is 1. The molecule has 0 saturated carbocycles. The number of aliphatic carboxylic acids is 1. The maximum absolute atomic E-state index is 12.2. The van der Waals surface area contributed by atoms with Crippen LogP contribution in [0.1, 0.15) is 12.8 Å². The van der Waals surface area contributed by atoms with Crippen molar-refractivity contribution in [3.8, 4) is 5.75 Å². The number of hydrogen-bond acceptors (Lipinski definition) is 4. The highest BCUT2D eigenvalue weighted by Crippen LogP contribution is 2.28. The van der Waals surface area contributed by atoms with Crippen LogP contribution in [0.15, 0.2) is 30.3 Å². The minimum absolute atomic E-state index is 0.0860. The smallest absolute Gasteiger partial charge is 0.326 e. The zero-order valence-corrected chi connectivity index (χ0v) is 12.6. The summed E-state index contributed by atoms with van der Waals surface area (Å²) in [6.45, 7) is 0.149. The molecule has 23 heavy (non-hydrogen) atoms. The Morgan fingerprint density at radius 1 is 1.22 bits per heavy atom. The summed E-state index contributed by atoms with van der Waals surface area (Å²) in [7, 11) is 0. The van der Waals surface area contributed by atoms with E-state index >= 15 is 0 Å². The van der Waals surface area contributed by atoms with Gasteiger partial charge in [0.05, 0.1) is 12.6 Å². The maximum atomic E-state index is 12.2. The highest BCUT2D eigenvalue weighted by molar-refractivity contribution is 5.90. The monoisotopic (exact) mass is 318 g/mol. The van der Waals surface area contributed by atoms with Crippen LogP contribution in [0.25, 0.3) is 0 Å². The van der Waals surface area contributed by atoms with Gasteiger partial charge in [0.1, 0.15) is 11.8 Å². The third-order valence-corrected chi connectivity index (χ3v) is 4.29. The Morgan fingerprint density at radius 2 is 1.96 bits per heavy atom. The fourth-order valence-corrected chi connectivity index (χ4v) is 3.19.